The molecule has 82 valence electrons. The van der Waals surface area contributed by atoms with Gasteiger partial charge in [0.15, 0.2) is 0 Å². The van der Waals surface area contributed by atoms with Crippen molar-refractivity contribution in [3.63, 3.8) is 0 Å². The zero-order chi connectivity index (χ0) is 11.1. The zero-order valence-corrected chi connectivity index (χ0v) is 9.80. The minimum Gasteiger partial charge on any atom is -0.393 e. The fraction of sp³-hybridized carbons (Fsp3) is 0.455. The first-order chi connectivity index (χ1) is 7.07. The van der Waals surface area contributed by atoms with E-state index in [2.05, 4.69) is 15.9 Å². The fourth-order valence-electron chi connectivity index (χ4n) is 2.19. The summed E-state index contributed by atoms with van der Waals surface area (Å²) in [6, 6.07) is 4.94. The Hall–Kier alpha value is -0.450. The third-order valence-corrected chi connectivity index (χ3v) is 3.78. The molecule has 2 nitrogen and oxygen atoms in total. The normalized spacial score (nSPS) is 30.0. The second-order valence-corrected chi connectivity index (χ2v) is 5.03. The molecule has 0 radical (unpaired) electrons. The molecule has 1 aliphatic carbocycles. The van der Waals surface area contributed by atoms with Gasteiger partial charge in [0.1, 0.15) is 5.82 Å². The van der Waals surface area contributed by atoms with Crippen molar-refractivity contribution in [2.75, 3.05) is 6.54 Å². The summed E-state index contributed by atoms with van der Waals surface area (Å²) in [6.07, 6.45) is 1.07. The standard InChI is InChI=1S/C11H13BrFNO/c12-9-3-7(1-2-10(9)13)11(6-14)4-8(15)5-11/h1-3,8,15H,4-6,14H2. The average Bonchev–Trinajstić information content (AvgIpc) is 2.17. The van der Waals surface area contributed by atoms with Crippen LogP contribution in [0.3, 0.4) is 0 Å². The highest BCUT2D eigenvalue weighted by Crippen LogP contribution is 2.43. The van der Waals surface area contributed by atoms with Gasteiger partial charge in [0, 0.05) is 12.0 Å². The lowest BCUT2D eigenvalue weighted by atomic mass is 9.63. The predicted molar refractivity (Wildman–Crippen MR) is 60.1 cm³/mol. The molecule has 0 unspecified atom stereocenters. The SMILES string of the molecule is NCC1(c2ccc(F)c(Br)c2)CC(O)C1. The molecule has 1 aliphatic rings. The van der Waals surface area contributed by atoms with E-state index in [1.54, 1.807) is 12.1 Å². The Kier molecular flexibility index (Phi) is 2.83. The van der Waals surface area contributed by atoms with Crippen molar-refractivity contribution < 1.29 is 9.50 Å². The van der Waals surface area contributed by atoms with Crippen molar-refractivity contribution in [1.82, 2.24) is 0 Å². The molecule has 0 atom stereocenters. The van der Waals surface area contributed by atoms with E-state index in [0.717, 1.165) is 5.56 Å². The van der Waals surface area contributed by atoms with Gasteiger partial charge in [-0.3, -0.25) is 0 Å². The maximum absolute atomic E-state index is 13.1. The third-order valence-electron chi connectivity index (χ3n) is 3.18. The first-order valence-electron chi connectivity index (χ1n) is 4.91. The number of rotatable bonds is 2. The van der Waals surface area contributed by atoms with Crippen LogP contribution < -0.4 is 5.73 Å². The number of hydrogen-bond donors (Lipinski definition) is 2. The molecule has 0 spiro atoms. The molecule has 0 aliphatic heterocycles. The van der Waals surface area contributed by atoms with Gasteiger partial charge in [0.25, 0.3) is 0 Å². The highest BCUT2D eigenvalue weighted by Gasteiger charge is 2.43. The number of halogens is 2. The number of hydrogen-bond acceptors (Lipinski definition) is 2. The van der Waals surface area contributed by atoms with Crippen LogP contribution in [-0.4, -0.2) is 17.8 Å². The summed E-state index contributed by atoms with van der Waals surface area (Å²) in [6.45, 7) is 0.488. The number of aliphatic hydroxyl groups is 1. The van der Waals surface area contributed by atoms with Crippen LogP contribution >= 0.6 is 15.9 Å². The van der Waals surface area contributed by atoms with Crippen LogP contribution in [0.25, 0.3) is 0 Å². The zero-order valence-electron chi connectivity index (χ0n) is 8.21. The Labute approximate surface area is 96.4 Å². The van der Waals surface area contributed by atoms with Crippen molar-refractivity contribution in [1.29, 1.82) is 0 Å². The van der Waals surface area contributed by atoms with E-state index in [1.807, 2.05) is 0 Å². The molecule has 0 aromatic heterocycles. The first kappa shape index (κ1) is 11.0. The molecule has 2 rings (SSSR count). The van der Waals surface area contributed by atoms with Gasteiger partial charge in [0.05, 0.1) is 10.6 Å². The molecule has 1 aromatic carbocycles. The smallest absolute Gasteiger partial charge is 0.137 e. The monoisotopic (exact) mass is 273 g/mol. The van der Waals surface area contributed by atoms with E-state index in [9.17, 15) is 9.50 Å². The Morgan fingerprint density at radius 3 is 2.67 bits per heavy atom. The van der Waals surface area contributed by atoms with E-state index in [1.165, 1.54) is 6.07 Å². The summed E-state index contributed by atoms with van der Waals surface area (Å²) in [5.41, 5.74) is 6.58. The molecule has 15 heavy (non-hydrogen) atoms. The van der Waals surface area contributed by atoms with Crippen LogP contribution in [0.2, 0.25) is 0 Å². The minimum atomic E-state index is -0.272. The number of nitrogens with two attached hydrogens (primary N) is 1. The number of aliphatic hydroxyl groups excluding tert-OH is 1. The number of benzene rings is 1. The molecule has 0 saturated heterocycles. The molecule has 0 heterocycles. The Morgan fingerprint density at radius 1 is 1.53 bits per heavy atom. The Bertz CT molecular complexity index is 377. The molecule has 4 heteroatoms. The van der Waals surface area contributed by atoms with Crippen molar-refractivity contribution in [3.8, 4) is 0 Å². The molecular formula is C11H13BrFNO. The lowest BCUT2D eigenvalue weighted by Crippen LogP contribution is -2.49. The fourth-order valence-corrected chi connectivity index (χ4v) is 2.57. The summed E-state index contributed by atoms with van der Waals surface area (Å²) in [7, 11) is 0. The minimum absolute atomic E-state index is 0.157. The summed E-state index contributed by atoms with van der Waals surface area (Å²) < 4.78 is 13.5. The molecule has 1 fully saturated rings. The maximum Gasteiger partial charge on any atom is 0.137 e. The summed E-state index contributed by atoms with van der Waals surface area (Å²) in [5, 5.41) is 9.36. The first-order valence-corrected chi connectivity index (χ1v) is 5.70. The molecule has 0 amide bonds. The van der Waals surface area contributed by atoms with E-state index in [0.29, 0.717) is 23.9 Å². The highest BCUT2D eigenvalue weighted by molar-refractivity contribution is 9.10. The van der Waals surface area contributed by atoms with Gasteiger partial charge in [-0.1, -0.05) is 6.07 Å². The van der Waals surface area contributed by atoms with Gasteiger partial charge in [0.2, 0.25) is 0 Å². The topological polar surface area (TPSA) is 46.2 Å². The maximum atomic E-state index is 13.1. The van der Waals surface area contributed by atoms with Crippen LogP contribution in [0.4, 0.5) is 4.39 Å². The molecular weight excluding hydrogens is 261 g/mol. The van der Waals surface area contributed by atoms with Gasteiger partial charge in [-0.15, -0.1) is 0 Å². The Balaban J connectivity index is 2.32. The summed E-state index contributed by atoms with van der Waals surface area (Å²) in [5.74, 6) is -0.272. The lowest BCUT2D eigenvalue weighted by Gasteiger charge is -2.45. The largest absolute Gasteiger partial charge is 0.393 e. The Morgan fingerprint density at radius 2 is 2.20 bits per heavy atom. The quantitative estimate of drug-likeness (QED) is 0.865. The van der Waals surface area contributed by atoms with Crippen molar-refractivity contribution in [3.05, 3.63) is 34.1 Å². The van der Waals surface area contributed by atoms with Crippen LogP contribution in [-0.2, 0) is 5.41 Å². The van der Waals surface area contributed by atoms with E-state index in [-0.39, 0.29) is 17.3 Å². The summed E-state index contributed by atoms with van der Waals surface area (Å²) >= 11 is 3.16. The molecule has 0 bridgehead atoms. The van der Waals surface area contributed by atoms with Gasteiger partial charge in [-0.05, 0) is 46.5 Å². The summed E-state index contributed by atoms with van der Waals surface area (Å²) in [4.78, 5) is 0. The van der Waals surface area contributed by atoms with Gasteiger partial charge in [-0.2, -0.15) is 0 Å². The molecule has 1 aromatic rings. The average molecular weight is 274 g/mol. The predicted octanol–water partition coefficient (Wildman–Crippen LogP) is 1.94. The van der Waals surface area contributed by atoms with E-state index in [4.69, 9.17) is 5.73 Å². The molecule has 1 saturated carbocycles. The highest BCUT2D eigenvalue weighted by atomic mass is 79.9. The van der Waals surface area contributed by atoms with Crippen molar-refractivity contribution in [2.24, 2.45) is 5.73 Å². The van der Waals surface area contributed by atoms with Crippen molar-refractivity contribution in [2.45, 2.75) is 24.4 Å². The van der Waals surface area contributed by atoms with E-state index < -0.39 is 0 Å². The van der Waals surface area contributed by atoms with Gasteiger partial charge >= 0.3 is 0 Å². The second kappa shape index (κ2) is 3.85. The van der Waals surface area contributed by atoms with Crippen LogP contribution in [0.5, 0.6) is 0 Å². The van der Waals surface area contributed by atoms with E-state index >= 15 is 0 Å². The third kappa shape index (κ3) is 1.82. The second-order valence-electron chi connectivity index (χ2n) is 4.18. The van der Waals surface area contributed by atoms with Crippen LogP contribution in [0, 0.1) is 5.82 Å². The lowest BCUT2D eigenvalue weighted by molar-refractivity contribution is 0.0221. The van der Waals surface area contributed by atoms with Crippen LogP contribution in [0.1, 0.15) is 18.4 Å². The van der Waals surface area contributed by atoms with Crippen LogP contribution in [0.15, 0.2) is 22.7 Å². The van der Waals surface area contributed by atoms with Gasteiger partial charge in [-0.25, -0.2) is 4.39 Å². The molecule has 3 N–H and O–H groups in total. The van der Waals surface area contributed by atoms with Crippen molar-refractivity contribution >= 4 is 15.9 Å². The van der Waals surface area contributed by atoms with Gasteiger partial charge < -0.3 is 10.8 Å².